The smallest absolute Gasteiger partial charge is 0.300 e. The molecule has 1 fully saturated rings. The first-order valence-corrected chi connectivity index (χ1v) is 9.52. The Morgan fingerprint density at radius 1 is 1.16 bits per heavy atom. The summed E-state index contributed by atoms with van der Waals surface area (Å²) in [6.07, 6.45) is 1.38. The molecule has 1 N–H and O–H groups in total. The number of rotatable bonds is 4. The van der Waals surface area contributed by atoms with E-state index < -0.39 is 28.4 Å². The van der Waals surface area contributed by atoms with Crippen molar-refractivity contribution in [2.24, 2.45) is 0 Å². The molecule has 2 heterocycles. The maximum Gasteiger partial charge on any atom is 0.300 e. The van der Waals surface area contributed by atoms with E-state index in [1.54, 1.807) is 37.3 Å². The molecule has 1 aromatic heterocycles. The van der Waals surface area contributed by atoms with E-state index in [1.165, 1.54) is 29.4 Å². The summed E-state index contributed by atoms with van der Waals surface area (Å²) in [7, 11) is 0. The quantitative estimate of drug-likeness (QED) is 0.206. The summed E-state index contributed by atoms with van der Waals surface area (Å²) in [4.78, 5) is 37.6. The van der Waals surface area contributed by atoms with Crippen molar-refractivity contribution in [1.29, 1.82) is 0 Å². The van der Waals surface area contributed by atoms with Crippen LogP contribution in [0.25, 0.3) is 5.76 Å². The Bertz CT molecular complexity index is 1250. The van der Waals surface area contributed by atoms with Gasteiger partial charge in [0.15, 0.2) is 0 Å². The number of aryl methyl sites for hydroxylation is 1. The van der Waals surface area contributed by atoms with Gasteiger partial charge in [-0.15, -0.1) is 0 Å². The number of carbonyl (C=O) groups excluding carboxylic acids is 2. The minimum Gasteiger partial charge on any atom is -0.507 e. The van der Waals surface area contributed by atoms with Crippen LogP contribution in [0.15, 0.2) is 70.9 Å². The number of carbonyl (C=O) groups is 2. The molecule has 8 nitrogen and oxygen atoms in total. The molecule has 1 aliphatic heterocycles. The Morgan fingerprint density at radius 3 is 2.58 bits per heavy atom. The summed E-state index contributed by atoms with van der Waals surface area (Å²) in [5.74, 6) is -2.12. The zero-order valence-corrected chi connectivity index (χ0v) is 16.9. The third-order valence-corrected chi connectivity index (χ3v) is 5.43. The van der Waals surface area contributed by atoms with Crippen LogP contribution in [0.4, 0.5) is 11.4 Å². The fourth-order valence-corrected chi connectivity index (χ4v) is 3.64. The Labute approximate surface area is 181 Å². The number of halogens is 1. The van der Waals surface area contributed by atoms with Gasteiger partial charge >= 0.3 is 0 Å². The lowest BCUT2D eigenvalue weighted by Gasteiger charge is -2.23. The number of aliphatic hydroxyl groups is 1. The normalized spacial score (nSPS) is 17.9. The maximum absolute atomic E-state index is 13.0. The molecular weight excluding hydrogens is 424 g/mol. The van der Waals surface area contributed by atoms with Crippen LogP contribution in [-0.4, -0.2) is 21.7 Å². The largest absolute Gasteiger partial charge is 0.507 e. The number of hydrogen-bond donors (Lipinski definition) is 1. The van der Waals surface area contributed by atoms with Crippen LogP contribution in [0.2, 0.25) is 5.02 Å². The van der Waals surface area contributed by atoms with E-state index in [1.807, 2.05) is 0 Å². The first-order valence-electron chi connectivity index (χ1n) is 9.15. The lowest BCUT2D eigenvalue weighted by atomic mass is 9.99. The van der Waals surface area contributed by atoms with Crippen molar-refractivity contribution in [3.63, 3.8) is 0 Å². The third kappa shape index (κ3) is 3.47. The summed E-state index contributed by atoms with van der Waals surface area (Å²) < 4.78 is 5.47. The van der Waals surface area contributed by atoms with Gasteiger partial charge in [-0.2, -0.15) is 0 Å². The number of nitro benzene ring substituents is 1. The molecule has 0 aliphatic carbocycles. The molecule has 3 aromatic rings. The highest BCUT2D eigenvalue weighted by molar-refractivity contribution is 6.51. The number of Topliss-reactive ketones (excluding diaryl/α,β-unsaturated/α-hetero) is 1. The van der Waals surface area contributed by atoms with Gasteiger partial charge in [0.25, 0.3) is 17.4 Å². The standard InChI is InChI=1S/C22H15ClN2O6/c1-12-7-8-14(11-16(12)23)24-19(17-6-3-9-31-17)18(21(27)22(24)28)20(26)13-4-2-5-15(10-13)25(29)30/h2-11,19,26H,1H3/b20-18-. The van der Waals surface area contributed by atoms with Gasteiger partial charge in [0.2, 0.25) is 0 Å². The summed E-state index contributed by atoms with van der Waals surface area (Å²) >= 11 is 6.22. The van der Waals surface area contributed by atoms with Gasteiger partial charge in [-0.25, -0.2) is 0 Å². The van der Waals surface area contributed by atoms with Crippen molar-refractivity contribution < 1.29 is 24.0 Å². The van der Waals surface area contributed by atoms with E-state index in [-0.39, 0.29) is 22.6 Å². The molecule has 0 bridgehead atoms. The van der Waals surface area contributed by atoms with E-state index in [0.29, 0.717) is 10.7 Å². The second kappa shape index (κ2) is 7.73. The van der Waals surface area contributed by atoms with Crippen LogP contribution in [0, 0.1) is 17.0 Å². The molecule has 1 aliphatic rings. The monoisotopic (exact) mass is 438 g/mol. The fourth-order valence-electron chi connectivity index (χ4n) is 3.47. The molecule has 1 unspecified atom stereocenters. The summed E-state index contributed by atoms with van der Waals surface area (Å²) in [6, 6.07) is 12.2. The Balaban J connectivity index is 1.93. The van der Waals surface area contributed by atoms with Gasteiger partial charge in [-0.05, 0) is 36.8 Å². The lowest BCUT2D eigenvalue weighted by Crippen LogP contribution is -2.29. The van der Waals surface area contributed by atoms with E-state index in [4.69, 9.17) is 16.0 Å². The lowest BCUT2D eigenvalue weighted by molar-refractivity contribution is -0.384. The van der Waals surface area contributed by atoms with Crippen molar-refractivity contribution in [2.45, 2.75) is 13.0 Å². The number of benzene rings is 2. The zero-order valence-electron chi connectivity index (χ0n) is 16.1. The number of non-ortho nitro benzene ring substituents is 1. The van der Waals surface area contributed by atoms with E-state index in [0.717, 1.165) is 11.6 Å². The van der Waals surface area contributed by atoms with Gasteiger partial charge in [0, 0.05) is 28.4 Å². The molecule has 1 saturated heterocycles. The summed E-state index contributed by atoms with van der Waals surface area (Å²) in [6.45, 7) is 1.80. The van der Waals surface area contributed by atoms with Crippen LogP contribution in [0.3, 0.4) is 0 Å². The Morgan fingerprint density at radius 2 is 1.94 bits per heavy atom. The van der Waals surface area contributed by atoms with Crippen LogP contribution in [0.1, 0.15) is 22.9 Å². The number of anilines is 1. The molecule has 1 atom stereocenters. The van der Waals surface area contributed by atoms with Crippen molar-refractivity contribution in [3.8, 4) is 0 Å². The molecule has 0 saturated carbocycles. The average Bonchev–Trinajstić information content (AvgIpc) is 3.37. The Kier molecular flexibility index (Phi) is 5.08. The van der Waals surface area contributed by atoms with Crippen LogP contribution >= 0.6 is 11.6 Å². The van der Waals surface area contributed by atoms with Gasteiger partial charge in [-0.1, -0.05) is 29.8 Å². The van der Waals surface area contributed by atoms with E-state index in [9.17, 15) is 24.8 Å². The highest BCUT2D eigenvalue weighted by Crippen LogP contribution is 2.43. The number of furan rings is 1. The van der Waals surface area contributed by atoms with Crippen LogP contribution in [-0.2, 0) is 9.59 Å². The van der Waals surface area contributed by atoms with Gasteiger partial charge in [-0.3, -0.25) is 24.6 Å². The number of nitrogens with zero attached hydrogens (tertiary/aromatic N) is 2. The van der Waals surface area contributed by atoms with Gasteiger partial charge < -0.3 is 9.52 Å². The van der Waals surface area contributed by atoms with Gasteiger partial charge in [0.05, 0.1) is 16.8 Å². The number of nitro groups is 1. The summed E-state index contributed by atoms with van der Waals surface area (Å²) in [5.41, 5.74) is 0.659. The average molecular weight is 439 g/mol. The number of ketones is 1. The SMILES string of the molecule is Cc1ccc(N2C(=O)C(=O)/C(=C(\O)c3cccc([N+](=O)[O-])c3)C2c2ccco2)cc1Cl. The highest BCUT2D eigenvalue weighted by atomic mass is 35.5. The van der Waals surface area contributed by atoms with E-state index >= 15 is 0 Å². The van der Waals surface area contributed by atoms with Crippen molar-refractivity contribution in [1.82, 2.24) is 0 Å². The molecular formula is C22H15ClN2O6. The Hall–Kier alpha value is -3.91. The van der Waals surface area contributed by atoms with Crippen molar-refractivity contribution in [2.75, 3.05) is 4.90 Å². The molecule has 0 spiro atoms. The highest BCUT2D eigenvalue weighted by Gasteiger charge is 2.48. The molecule has 1 amide bonds. The molecule has 156 valence electrons. The number of aliphatic hydroxyl groups excluding tert-OH is 1. The minimum atomic E-state index is -1.08. The predicted molar refractivity (Wildman–Crippen MR) is 113 cm³/mol. The number of amides is 1. The summed E-state index contributed by atoms with van der Waals surface area (Å²) in [5, 5.41) is 22.4. The van der Waals surface area contributed by atoms with Crippen LogP contribution < -0.4 is 4.90 Å². The van der Waals surface area contributed by atoms with Crippen LogP contribution in [0.5, 0.6) is 0 Å². The predicted octanol–water partition coefficient (Wildman–Crippen LogP) is 4.78. The molecule has 31 heavy (non-hydrogen) atoms. The van der Waals surface area contributed by atoms with E-state index in [2.05, 4.69) is 0 Å². The first-order chi connectivity index (χ1) is 14.8. The second-order valence-corrected chi connectivity index (χ2v) is 7.33. The molecule has 9 heteroatoms. The number of hydrogen-bond acceptors (Lipinski definition) is 6. The van der Waals surface area contributed by atoms with Crippen molar-refractivity contribution in [3.05, 3.63) is 98.5 Å². The molecule has 4 rings (SSSR count). The first kappa shape index (κ1) is 20.4. The molecule has 2 aromatic carbocycles. The second-order valence-electron chi connectivity index (χ2n) is 6.93. The maximum atomic E-state index is 13.0. The minimum absolute atomic E-state index is 0.0331. The van der Waals surface area contributed by atoms with Crippen molar-refractivity contribution >= 4 is 40.4 Å². The zero-order chi connectivity index (χ0) is 22.3. The topological polar surface area (TPSA) is 114 Å². The third-order valence-electron chi connectivity index (χ3n) is 5.02. The fraction of sp³-hybridized carbons (Fsp3) is 0.0909. The molecule has 0 radical (unpaired) electrons. The van der Waals surface area contributed by atoms with Gasteiger partial charge in [0.1, 0.15) is 17.6 Å².